The van der Waals surface area contributed by atoms with Gasteiger partial charge in [0, 0.05) is 55.8 Å². The first-order valence-electron chi connectivity index (χ1n) is 17.2. The van der Waals surface area contributed by atoms with Crippen LogP contribution in [0, 0.1) is 32.1 Å². The van der Waals surface area contributed by atoms with Gasteiger partial charge in [0.05, 0.1) is 24.9 Å². The number of carboxylic acid groups (broad SMARTS) is 1. The molecule has 0 saturated carbocycles. The van der Waals surface area contributed by atoms with Gasteiger partial charge in [-0.1, -0.05) is 24.3 Å². The molecule has 51 heavy (non-hydrogen) atoms. The number of ether oxygens (including phenoxy) is 3. The number of hydrogen-bond donors (Lipinski definition) is 4. The van der Waals surface area contributed by atoms with E-state index in [4.69, 9.17) is 14.2 Å². The Labute approximate surface area is 299 Å². The minimum Gasteiger partial charge on any atom is -0.494 e. The number of aliphatic hydroxyl groups is 2. The topological polar surface area (TPSA) is 157 Å². The fourth-order valence-electron chi connectivity index (χ4n) is 6.22. The number of aryl methyl sites for hydroxylation is 2. The van der Waals surface area contributed by atoms with Crippen LogP contribution in [0.2, 0.25) is 0 Å². The van der Waals surface area contributed by atoms with E-state index in [0.717, 1.165) is 71.6 Å². The smallest absolute Gasteiger partial charge is 0.323 e. The summed E-state index contributed by atoms with van der Waals surface area (Å²) in [5.74, 6) is 0.772. The lowest BCUT2D eigenvalue weighted by Crippen LogP contribution is -2.39. The van der Waals surface area contributed by atoms with Crippen molar-refractivity contribution in [2.45, 2.75) is 65.5 Å². The number of likely N-dealkylation sites (tertiary alicyclic amines) is 1. The second kappa shape index (κ2) is 17.8. The summed E-state index contributed by atoms with van der Waals surface area (Å²) in [6.07, 6.45) is 4.65. The van der Waals surface area contributed by atoms with Gasteiger partial charge in [0.15, 0.2) is 0 Å². The Kier molecular flexibility index (Phi) is 13.0. The summed E-state index contributed by atoms with van der Waals surface area (Å²) >= 11 is 0. The number of nitriles is 1. The lowest BCUT2D eigenvalue weighted by molar-refractivity contribution is -0.140. The molecule has 0 aliphatic carbocycles. The molecule has 11 heteroatoms. The molecule has 2 atom stereocenters. The van der Waals surface area contributed by atoms with Crippen LogP contribution in [0.25, 0.3) is 11.1 Å². The molecule has 0 bridgehead atoms. The van der Waals surface area contributed by atoms with Crippen molar-refractivity contribution in [2.75, 3.05) is 32.8 Å². The van der Waals surface area contributed by atoms with Gasteiger partial charge >= 0.3 is 5.97 Å². The second-order valence-electron chi connectivity index (χ2n) is 13.0. The van der Waals surface area contributed by atoms with E-state index in [9.17, 15) is 25.4 Å². The normalized spacial score (nSPS) is 14.9. The van der Waals surface area contributed by atoms with Crippen molar-refractivity contribution in [3.05, 3.63) is 106 Å². The van der Waals surface area contributed by atoms with Crippen molar-refractivity contribution >= 4 is 5.97 Å². The Bertz CT molecular complexity index is 1860. The molecule has 1 fully saturated rings. The molecule has 4 aromatic rings. The predicted octanol–water partition coefficient (Wildman–Crippen LogP) is 5.07. The number of carboxylic acids is 1. The minimum atomic E-state index is -1.15. The van der Waals surface area contributed by atoms with E-state index in [1.165, 1.54) is 6.20 Å². The Morgan fingerprint density at radius 1 is 1.00 bits per heavy atom. The summed E-state index contributed by atoms with van der Waals surface area (Å²) in [6.45, 7) is 9.35. The van der Waals surface area contributed by atoms with Crippen LogP contribution in [0.15, 0.2) is 67.0 Å². The Balaban J connectivity index is 1.28. The highest BCUT2D eigenvalue weighted by molar-refractivity contribution is 5.73. The zero-order valence-corrected chi connectivity index (χ0v) is 29.4. The average Bonchev–Trinajstić information content (AvgIpc) is 3.54. The molecule has 0 radical (unpaired) electrons. The number of aliphatic hydroxyl groups excluding tert-OH is 2. The molecule has 1 aliphatic heterocycles. The standard InChI is InChI=1S/C40H46N4O7/c1-26-15-34(49-13-5-11-44-12-10-33(46)22-44)8-9-35(26)36-7-4-6-31(28(36)3)25-51-38-17-39(50-24-30-16-29(18-41)19-42-20-30)32(14-27(38)2)21-43-37(23-45)40(47)48/h4,6-9,14-17,19-20,33,37,43,45-46H,5,10-13,21-25H2,1-3H3,(H,47,48)/t33-,37-/m1/s1. The number of pyridine rings is 1. The summed E-state index contributed by atoms with van der Waals surface area (Å²) in [4.78, 5) is 17.9. The molecule has 0 spiro atoms. The first kappa shape index (κ1) is 37.3. The van der Waals surface area contributed by atoms with Crippen molar-refractivity contribution in [3.8, 4) is 34.4 Å². The predicted molar refractivity (Wildman–Crippen MR) is 193 cm³/mol. The first-order chi connectivity index (χ1) is 24.6. The molecule has 1 aliphatic rings. The van der Waals surface area contributed by atoms with Gasteiger partial charge in [-0.15, -0.1) is 0 Å². The first-order valence-corrected chi connectivity index (χ1v) is 17.2. The third kappa shape index (κ3) is 10.1. The lowest BCUT2D eigenvalue weighted by atomic mass is 9.93. The highest BCUT2D eigenvalue weighted by Gasteiger charge is 2.20. The summed E-state index contributed by atoms with van der Waals surface area (Å²) in [5, 5.41) is 40.8. The number of rotatable bonds is 17. The van der Waals surface area contributed by atoms with Crippen LogP contribution >= 0.6 is 0 Å². The van der Waals surface area contributed by atoms with Crippen molar-refractivity contribution in [1.29, 1.82) is 5.26 Å². The largest absolute Gasteiger partial charge is 0.494 e. The molecule has 1 saturated heterocycles. The van der Waals surface area contributed by atoms with Crippen molar-refractivity contribution < 1.29 is 34.3 Å². The Morgan fingerprint density at radius 3 is 2.55 bits per heavy atom. The van der Waals surface area contributed by atoms with E-state index >= 15 is 0 Å². The Morgan fingerprint density at radius 2 is 1.82 bits per heavy atom. The third-order valence-corrected chi connectivity index (χ3v) is 9.15. The summed E-state index contributed by atoms with van der Waals surface area (Å²) in [7, 11) is 0. The lowest BCUT2D eigenvalue weighted by Gasteiger charge is -2.19. The van der Waals surface area contributed by atoms with Gasteiger partial charge in [0.1, 0.15) is 42.6 Å². The number of benzene rings is 3. The zero-order valence-electron chi connectivity index (χ0n) is 29.4. The van der Waals surface area contributed by atoms with Crippen LogP contribution in [0.3, 0.4) is 0 Å². The molecule has 4 N–H and O–H groups in total. The van der Waals surface area contributed by atoms with Crippen LogP contribution < -0.4 is 19.5 Å². The van der Waals surface area contributed by atoms with E-state index < -0.39 is 18.6 Å². The Hall–Kier alpha value is -4.99. The second-order valence-corrected chi connectivity index (χ2v) is 13.0. The third-order valence-electron chi connectivity index (χ3n) is 9.15. The molecule has 1 aromatic heterocycles. The number of hydrogen-bond acceptors (Lipinski definition) is 10. The molecule has 3 aromatic carbocycles. The van der Waals surface area contributed by atoms with Gasteiger partial charge in [0.25, 0.3) is 0 Å². The maximum Gasteiger partial charge on any atom is 0.323 e. The number of aromatic nitrogens is 1. The number of β-amino-alcohol motifs (C(OH)–C–C–N with tert-alkyl or cyclic N) is 1. The van der Waals surface area contributed by atoms with Crippen LogP contribution in [0.1, 0.15) is 51.8 Å². The van der Waals surface area contributed by atoms with Gasteiger partial charge in [0.2, 0.25) is 0 Å². The van der Waals surface area contributed by atoms with Crippen LogP contribution in [0.5, 0.6) is 17.2 Å². The van der Waals surface area contributed by atoms with Gasteiger partial charge in [-0.3, -0.25) is 15.1 Å². The van der Waals surface area contributed by atoms with E-state index in [-0.39, 0.29) is 19.3 Å². The molecular weight excluding hydrogens is 648 g/mol. The molecule has 5 rings (SSSR count). The molecule has 2 heterocycles. The zero-order chi connectivity index (χ0) is 36.3. The molecule has 0 amide bonds. The van der Waals surface area contributed by atoms with Gasteiger partial charge in [-0.2, -0.15) is 5.26 Å². The average molecular weight is 695 g/mol. The number of nitrogens with one attached hydrogen (secondary N) is 1. The fraction of sp³-hybridized carbons (Fsp3) is 0.375. The maximum atomic E-state index is 11.5. The van der Waals surface area contributed by atoms with E-state index in [1.807, 2.05) is 31.2 Å². The van der Waals surface area contributed by atoms with Crippen molar-refractivity contribution in [1.82, 2.24) is 15.2 Å². The van der Waals surface area contributed by atoms with Crippen LogP contribution in [-0.2, 0) is 24.6 Å². The van der Waals surface area contributed by atoms with Crippen LogP contribution in [0.4, 0.5) is 0 Å². The monoisotopic (exact) mass is 694 g/mol. The quantitative estimate of drug-likeness (QED) is 0.109. The van der Waals surface area contributed by atoms with Gasteiger partial charge < -0.3 is 34.4 Å². The minimum absolute atomic E-state index is 0.133. The highest BCUT2D eigenvalue weighted by atomic mass is 16.5. The number of aliphatic carboxylic acids is 1. The van der Waals surface area contributed by atoms with Gasteiger partial charge in [-0.05, 0) is 91.3 Å². The number of nitrogens with zero attached hydrogens (tertiary/aromatic N) is 3. The van der Waals surface area contributed by atoms with Gasteiger partial charge in [-0.25, -0.2) is 0 Å². The molecule has 11 nitrogen and oxygen atoms in total. The summed E-state index contributed by atoms with van der Waals surface area (Å²) in [5.41, 5.74) is 8.12. The summed E-state index contributed by atoms with van der Waals surface area (Å²) in [6, 6.07) is 18.7. The van der Waals surface area contributed by atoms with Crippen molar-refractivity contribution in [2.24, 2.45) is 0 Å². The summed E-state index contributed by atoms with van der Waals surface area (Å²) < 4.78 is 18.6. The highest BCUT2D eigenvalue weighted by Crippen LogP contribution is 2.33. The molecule has 0 unspecified atom stereocenters. The maximum absolute atomic E-state index is 11.5. The van der Waals surface area contributed by atoms with E-state index in [2.05, 4.69) is 53.3 Å². The molecular formula is C40H46N4O7. The molecule has 268 valence electrons. The SMILES string of the molecule is Cc1cc(CN[C@H](CO)C(=O)O)c(OCc2cncc(C#N)c2)cc1OCc1cccc(-c2ccc(OCCCN3CC[C@@H](O)C3)cc2C)c1C. The van der Waals surface area contributed by atoms with E-state index in [0.29, 0.717) is 41.4 Å². The van der Waals surface area contributed by atoms with Crippen molar-refractivity contribution in [3.63, 3.8) is 0 Å². The van der Waals surface area contributed by atoms with E-state index in [1.54, 1.807) is 18.3 Å². The number of carbonyl (C=O) groups is 1. The fourth-order valence-corrected chi connectivity index (χ4v) is 6.22. The van der Waals surface area contributed by atoms with Crippen LogP contribution in [-0.4, -0.2) is 76.2 Å².